The molecule has 0 bridgehead atoms. The van der Waals surface area contributed by atoms with Gasteiger partial charge in [0.2, 0.25) is 11.8 Å². The van der Waals surface area contributed by atoms with Gasteiger partial charge in [-0.25, -0.2) is 0 Å². The van der Waals surface area contributed by atoms with E-state index in [1.54, 1.807) is 24.3 Å². The Morgan fingerprint density at radius 1 is 0.778 bits per heavy atom. The third-order valence-corrected chi connectivity index (χ3v) is 3.67. The molecule has 0 fully saturated rings. The van der Waals surface area contributed by atoms with E-state index >= 15 is 0 Å². The summed E-state index contributed by atoms with van der Waals surface area (Å²) in [7, 11) is 0. The van der Waals surface area contributed by atoms with Crippen LogP contribution in [0.25, 0.3) is 0 Å². The maximum atomic E-state index is 12.0. The van der Waals surface area contributed by atoms with Gasteiger partial charge in [0.1, 0.15) is 11.5 Å². The van der Waals surface area contributed by atoms with Crippen molar-refractivity contribution in [2.24, 2.45) is 0 Å². The number of hydrogen-bond acceptors (Lipinski definition) is 4. The van der Waals surface area contributed by atoms with Gasteiger partial charge in [0, 0.05) is 36.3 Å². The third kappa shape index (κ3) is 7.40. The Bertz CT molecular complexity index is 698. The van der Waals surface area contributed by atoms with Crippen molar-refractivity contribution < 1.29 is 19.1 Å². The summed E-state index contributed by atoms with van der Waals surface area (Å²) in [6.45, 7) is 4.95. The highest BCUT2D eigenvalue weighted by molar-refractivity contribution is 5.93. The zero-order valence-electron chi connectivity index (χ0n) is 15.8. The first-order valence-corrected chi connectivity index (χ1v) is 9.16. The van der Waals surface area contributed by atoms with Gasteiger partial charge in [-0.15, -0.1) is 0 Å². The zero-order valence-corrected chi connectivity index (χ0v) is 15.8. The molecule has 27 heavy (non-hydrogen) atoms. The van der Waals surface area contributed by atoms with Gasteiger partial charge < -0.3 is 20.1 Å². The summed E-state index contributed by atoms with van der Waals surface area (Å²) in [4.78, 5) is 24.1. The summed E-state index contributed by atoms with van der Waals surface area (Å²) in [6, 6.07) is 14.5. The van der Waals surface area contributed by atoms with Crippen molar-refractivity contribution in [1.29, 1.82) is 0 Å². The fraction of sp³-hybridized carbons (Fsp3) is 0.333. The van der Waals surface area contributed by atoms with Crippen LogP contribution >= 0.6 is 0 Å². The number of carbonyl (C=O) groups is 2. The summed E-state index contributed by atoms with van der Waals surface area (Å²) in [6.07, 6.45) is 1.00. The smallest absolute Gasteiger partial charge is 0.224 e. The van der Waals surface area contributed by atoms with Crippen LogP contribution in [0, 0.1) is 0 Å². The lowest BCUT2D eigenvalue weighted by Crippen LogP contribution is -2.15. The van der Waals surface area contributed by atoms with Crippen LogP contribution in [0.1, 0.15) is 33.1 Å². The highest BCUT2D eigenvalue weighted by Crippen LogP contribution is 2.19. The molecule has 0 unspecified atom stereocenters. The first-order chi connectivity index (χ1) is 13.1. The topological polar surface area (TPSA) is 76.7 Å². The molecule has 6 heteroatoms. The van der Waals surface area contributed by atoms with Crippen molar-refractivity contribution in [2.75, 3.05) is 23.8 Å². The maximum absolute atomic E-state index is 12.0. The molecule has 0 spiro atoms. The van der Waals surface area contributed by atoms with Gasteiger partial charge in [0.15, 0.2) is 0 Å². The van der Waals surface area contributed by atoms with Crippen LogP contribution in [0.2, 0.25) is 0 Å². The van der Waals surface area contributed by atoms with Gasteiger partial charge in [-0.2, -0.15) is 0 Å². The number of amides is 2. The van der Waals surface area contributed by atoms with Crippen molar-refractivity contribution >= 4 is 23.2 Å². The van der Waals surface area contributed by atoms with E-state index in [2.05, 4.69) is 10.6 Å². The molecule has 0 atom stereocenters. The minimum Gasteiger partial charge on any atom is -0.494 e. The molecule has 0 aromatic heterocycles. The van der Waals surface area contributed by atoms with Crippen LogP contribution < -0.4 is 20.1 Å². The average molecular weight is 370 g/mol. The fourth-order valence-electron chi connectivity index (χ4n) is 2.52. The third-order valence-electron chi connectivity index (χ3n) is 3.67. The van der Waals surface area contributed by atoms with Gasteiger partial charge in [0.05, 0.1) is 13.2 Å². The monoisotopic (exact) mass is 370 g/mol. The molecule has 2 aromatic rings. The van der Waals surface area contributed by atoms with E-state index in [1.807, 2.05) is 38.1 Å². The minimum atomic E-state index is -0.130. The number of rotatable bonds is 10. The van der Waals surface area contributed by atoms with Gasteiger partial charge in [0.25, 0.3) is 0 Å². The van der Waals surface area contributed by atoms with E-state index in [-0.39, 0.29) is 24.7 Å². The normalized spacial score (nSPS) is 10.1. The van der Waals surface area contributed by atoms with Crippen LogP contribution in [0.3, 0.4) is 0 Å². The van der Waals surface area contributed by atoms with Crippen molar-refractivity contribution in [3.63, 3.8) is 0 Å². The quantitative estimate of drug-likeness (QED) is 0.656. The predicted molar refractivity (Wildman–Crippen MR) is 106 cm³/mol. The lowest BCUT2D eigenvalue weighted by atomic mass is 10.2. The Balaban J connectivity index is 1.73. The fourth-order valence-corrected chi connectivity index (χ4v) is 2.52. The maximum Gasteiger partial charge on any atom is 0.224 e. The van der Waals surface area contributed by atoms with Crippen molar-refractivity contribution in [1.82, 2.24) is 0 Å². The van der Waals surface area contributed by atoms with E-state index in [0.29, 0.717) is 42.5 Å². The van der Waals surface area contributed by atoms with Crippen molar-refractivity contribution in [2.45, 2.75) is 33.1 Å². The molecular formula is C21H26N2O4. The molecule has 0 aliphatic heterocycles. The zero-order chi connectivity index (χ0) is 19.5. The van der Waals surface area contributed by atoms with Crippen LogP contribution in [0.15, 0.2) is 48.5 Å². The summed E-state index contributed by atoms with van der Waals surface area (Å²) < 4.78 is 10.8. The van der Waals surface area contributed by atoms with Crippen LogP contribution in [-0.4, -0.2) is 25.0 Å². The molecule has 2 amide bonds. The molecule has 0 aliphatic carbocycles. The highest BCUT2D eigenvalue weighted by atomic mass is 16.5. The van der Waals surface area contributed by atoms with Gasteiger partial charge >= 0.3 is 0 Å². The molecule has 2 rings (SSSR count). The molecule has 0 radical (unpaired) electrons. The van der Waals surface area contributed by atoms with Crippen LogP contribution in [0.5, 0.6) is 11.5 Å². The summed E-state index contributed by atoms with van der Waals surface area (Å²) in [5.41, 5.74) is 1.37. The van der Waals surface area contributed by atoms with E-state index in [4.69, 9.17) is 9.47 Å². The van der Waals surface area contributed by atoms with E-state index in [0.717, 1.165) is 0 Å². The molecule has 144 valence electrons. The Labute approximate surface area is 159 Å². The van der Waals surface area contributed by atoms with Crippen molar-refractivity contribution in [3.8, 4) is 11.5 Å². The lowest BCUT2D eigenvalue weighted by molar-refractivity contribution is -0.117. The van der Waals surface area contributed by atoms with Crippen LogP contribution in [0.4, 0.5) is 11.4 Å². The van der Waals surface area contributed by atoms with Crippen molar-refractivity contribution in [3.05, 3.63) is 48.5 Å². The number of anilines is 2. The lowest BCUT2D eigenvalue weighted by Gasteiger charge is -2.09. The SMILES string of the molecule is CCOc1cccc(NC(=O)CCCC(=O)Nc2cccc(OCC)c2)c1. The van der Waals surface area contributed by atoms with E-state index in [1.165, 1.54) is 0 Å². The molecule has 2 N–H and O–H groups in total. The van der Waals surface area contributed by atoms with E-state index in [9.17, 15) is 9.59 Å². The number of ether oxygens (including phenoxy) is 2. The number of carbonyl (C=O) groups excluding carboxylic acids is 2. The molecule has 6 nitrogen and oxygen atoms in total. The first kappa shape index (κ1) is 20.3. The predicted octanol–water partition coefficient (Wildman–Crippen LogP) is 4.23. The molecular weight excluding hydrogens is 344 g/mol. The molecule has 0 aliphatic rings. The molecule has 2 aromatic carbocycles. The first-order valence-electron chi connectivity index (χ1n) is 9.16. The molecule has 0 saturated heterocycles. The number of nitrogens with one attached hydrogen (secondary N) is 2. The molecule has 0 heterocycles. The Hall–Kier alpha value is -3.02. The van der Waals surface area contributed by atoms with Gasteiger partial charge in [-0.05, 0) is 44.5 Å². The molecule has 0 saturated carbocycles. The average Bonchev–Trinajstić information content (AvgIpc) is 2.63. The number of hydrogen-bond donors (Lipinski definition) is 2. The summed E-state index contributed by atoms with van der Waals surface area (Å²) in [5, 5.41) is 5.64. The standard InChI is InChI=1S/C21H26N2O4/c1-3-26-18-10-5-8-16(14-18)22-20(24)12-7-13-21(25)23-17-9-6-11-19(15-17)27-4-2/h5-6,8-11,14-15H,3-4,7,12-13H2,1-2H3,(H,22,24)(H,23,25). The highest BCUT2D eigenvalue weighted by Gasteiger charge is 2.07. The van der Waals surface area contributed by atoms with Crippen LogP contribution in [-0.2, 0) is 9.59 Å². The van der Waals surface area contributed by atoms with E-state index < -0.39 is 0 Å². The Kier molecular flexibility index (Phi) is 8.16. The summed E-state index contributed by atoms with van der Waals surface area (Å²) >= 11 is 0. The number of benzene rings is 2. The second kappa shape index (κ2) is 10.9. The summed E-state index contributed by atoms with van der Waals surface area (Å²) in [5.74, 6) is 1.16. The Morgan fingerprint density at radius 3 is 1.63 bits per heavy atom. The minimum absolute atomic E-state index is 0.130. The van der Waals surface area contributed by atoms with Gasteiger partial charge in [-0.3, -0.25) is 9.59 Å². The second-order valence-corrected chi connectivity index (χ2v) is 5.87. The second-order valence-electron chi connectivity index (χ2n) is 5.87. The Morgan fingerprint density at radius 2 is 1.22 bits per heavy atom. The van der Waals surface area contributed by atoms with Gasteiger partial charge in [-0.1, -0.05) is 12.1 Å². The largest absolute Gasteiger partial charge is 0.494 e.